The third-order valence-corrected chi connectivity index (χ3v) is 4.23. The Morgan fingerprint density at radius 3 is 2.50 bits per heavy atom. The molecule has 2 heterocycles. The molecule has 0 aromatic carbocycles. The summed E-state index contributed by atoms with van der Waals surface area (Å²) in [5, 5.41) is 0. The van der Waals surface area contributed by atoms with Crippen molar-refractivity contribution in [2.24, 2.45) is 5.92 Å². The minimum absolute atomic E-state index is 0.201. The zero-order valence-electron chi connectivity index (χ0n) is 14.0. The zero-order valence-corrected chi connectivity index (χ0v) is 14.0. The van der Waals surface area contributed by atoms with E-state index in [0.29, 0.717) is 17.7 Å². The summed E-state index contributed by atoms with van der Waals surface area (Å²) in [5.41, 5.74) is 6.42. The number of ether oxygens (including phenoxy) is 1. The van der Waals surface area contributed by atoms with Crippen molar-refractivity contribution in [2.75, 3.05) is 18.8 Å². The summed E-state index contributed by atoms with van der Waals surface area (Å²) >= 11 is 0. The summed E-state index contributed by atoms with van der Waals surface area (Å²) in [6.45, 7) is 9.43. The lowest BCUT2D eigenvalue weighted by molar-refractivity contribution is 0.0176. The number of amides is 1. The Kier molecular flexibility index (Phi) is 4.94. The van der Waals surface area contributed by atoms with Crippen LogP contribution in [0.3, 0.4) is 0 Å². The van der Waals surface area contributed by atoms with Crippen molar-refractivity contribution in [3.05, 3.63) is 23.9 Å². The van der Waals surface area contributed by atoms with Gasteiger partial charge in [0.05, 0.1) is 0 Å². The summed E-state index contributed by atoms with van der Waals surface area (Å²) < 4.78 is 5.43. The van der Waals surface area contributed by atoms with Crippen LogP contribution in [0.25, 0.3) is 0 Å². The Bertz CT molecular complexity index is 500. The highest BCUT2D eigenvalue weighted by Crippen LogP contribution is 2.32. The molecule has 5 nitrogen and oxygen atoms in total. The molecule has 1 aliphatic heterocycles. The predicted molar refractivity (Wildman–Crippen MR) is 87.6 cm³/mol. The number of nitrogens with zero attached hydrogens (tertiary/aromatic N) is 2. The van der Waals surface area contributed by atoms with Gasteiger partial charge in [-0.3, -0.25) is 0 Å². The molecule has 0 radical (unpaired) electrons. The van der Waals surface area contributed by atoms with E-state index >= 15 is 0 Å². The molecule has 122 valence electrons. The molecule has 1 amide bonds. The van der Waals surface area contributed by atoms with Crippen molar-refractivity contribution < 1.29 is 9.53 Å². The second-order valence-electron chi connectivity index (χ2n) is 7.11. The third kappa shape index (κ3) is 4.36. The molecule has 1 atom stereocenters. The number of hydrogen-bond acceptors (Lipinski definition) is 4. The first kappa shape index (κ1) is 16.6. The molecule has 2 rings (SSSR count). The van der Waals surface area contributed by atoms with E-state index in [1.54, 1.807) is 0 Å². The maximum absolute atomic E-state index is 12.1. The lowest BCUT2D eigenvalue weighted by atomic mass is 9.82. The first-order valence-electron chi connectivity index (χ1n) is 7.95. The molecule has 1 unspecified atom stereocenters. The number of carbonyl (C=O) groups is 1. The molecule has 0 spiro atoms. The number of anilines is 1. The number of likely N-dealkylation sites (tertiary alicyclic amines) is 1. The average molecular weight is 305 g/mol. The minimum atomic E-state index is -0.434. The van der Waals surface area contributed by atoms with Gasteiger partial charge in [0, 0.05) is 19.3 Å². The van der Waals surface area contributed by atoms with Crippen molar-refractivity contribution in [1.82, 2.24) is 9.88 Å². The van der Waals surface area contributed by atoms with Crippen molar-refractivity contribution in [3.8, 4) is 0 Å². The number of hydrogen-bond donors (Lipinski definition) is 1. The van der Waals surface area contributed by atoms with E-state index < -0.39 is 5.60 Å². The summed E-state index contributed by atoms with van der Waals surface area (Å²) in [7, 11) is 0. The summed E-state index contributed by atoms with van der Waals surface area (Å²) in [4.78, 5) is 18.1. The first-order valence-corrected chi connectivity index (χ1v) is 7.95. The summed E-state index contributed by atoms with van der Waals surface area (Å²) in [6.07, 6.45) is 3.64. The Labute approximate surface area is 132 Å². The minimum Gasteiger partial charge on any atom is -0.444 e. The van der Waals surface area contributed by atoms with Crippen LogP contribution < -0.4 is 5.73 Å². The Balaban J connectivity index is 1.89. The van der Waals surface area contributed by atoms with Gasteiger partial charge in [0.2, 0.25) is 0 Å². The van der Waals surface area contributed by atoms with Crippen LogP contribution in [0.15, 0.2) is 18.3 Å². The highest BCUT2D eigenvalue weighted by molar-refractivity contribution is 5.68. The van der Waals surface area contributed by atoms with Crippen LogP contribution in [-0.4, -0.2) is 34.7 Å². The van der Waals surface area contributed by atoms with Crippen LogP contribution in [0.1, 0.15) is 52.0 Å². The van der Waals surface area contributed by atoms with Crippen molar-refractivity contribution in [1.29, 1.82) is 0 Å². The van der Waals surface area contributed by atoms with Gasteiger partial charge >= 0.3 is 6.09 Å². The van der Waals surface area contributed by atoms with Gasteiger partial charge in [0.15, 0.2) is 0 Å². The molecule has 1 aliphatic rings. The molecular weight excluding hydrogens is 278 g/mol. The fraction of sp³-hybridized carbons (Fsp3) is 0.647. The average Bonchev–Trinajstić information content (AvgIpc) is 2.46. The highest BCUT2D eigenvalue weighted by atomic mass is 16.6. The second kappa shape index (κ2) is 6.55. The molecule has 0 bridgehead atoms. The van der Waals surface area contributed by atoms with Gasteiger partial charge in [-0.25, -0.2) is 9.78 Å². The first-order chi connectivity index (χ1) is 10.3. The second-order valence-corrected chi connectivity index (χ2v) is 7.11. The van der Waals surface area contributed by atoms with Gasteiger partial charge in [-0.15, -0.1) is 0 Å². The van der Waals surface area contributed by atoms with Gasteiger partial charge in [-0.05, 0) is 57.1 Å². The van der Waals surface area contributed by atoms with Crippen LogP contribution in [0.2, 0.25) is 0 Å². The van der Waals surface area contributed by atoms with Crippen LogP contribution in [-0.2, 0) is 4.74 Å². The van der Waals surface area contributed by atoms with Gasteiger partial charge in [0.25, 0.3) is 0 Å². The van der Waals surface area contributed by atoms with Crippen LogP contribution in [0, 0.1) is 5.92 Å². The lowest BCUT2D eigenvalue weighted by Crippen LogP contribution is -2.42. The fourth-order valence-electron chi connectivity index (χ4n) is 2.87. The quantitative estimate of drug-likeness (QED) is 0.909. The molecule has 2 N–H and O–H groups in total. The predicted octanol–water partition coefficient (Wildman–Crippen LogP) is 3.41. The number of pyridine rings is 1. The monoisotopic (exact) mass is 305 g/mol. The standard InChI is InChI=1S/C17H27N3O2/c1-12(14-5-6-15(18)19-11-14)13-7-9-20(10-8-13)16(21)22-17(2,3)4/h5-6,11-13H,7-10H2,1-4H3,(H2,18,19). The number of rotatable bonds is 2. The fourth-order valence-corrected chi connectivity index (χ4v) is 2.87. The SMILES string of the molecule is CC(c1ccc(N)nc1)C1CCN(C(=O)OC(C)(C)C)CC1. The molecule has 0 saturated carbocycles. The molecule has 1 fully saturated rings. The van der Waals surface area contributed by atoms with Crippen molar-refractivity contribution in [3.63, 3.8) is 0 Å². The van der Waals surface area contributed by atoms with Crippen molar-refractivity contribution >= 4 is 11.9 Å². The van der Waals surface area contributed by atoms with Gasteiger partial charge in [-0.2, -0.15) is 0 Å². The lowest BCUT2D eigenvalue weighted by Gasteiger charge is -2.35. The van der Waals surface area contributed by atoms with E-state index in [1.807, 2.05) is 44.0 Å². The maximum Gasteiger partial charge on any atom is 0.410 e. The Morgan fingerprint density at radius 1 is 1.36 bits per heavy atom. The molecule has 1 aromatic heterocycles. The number of nitrogens with two attached hydrogens (primary N) is 1. The highest BCUT2D eigenvalue weighted by Gasteiger charge is 2.29. The van der Waals surface area contributed by atoms with Gasteiger partial charge in [0.1, 0.15) is 11.4 Å². The Morgan fingerprint density at radius 2 is 2.00 bits per heavy atom. The number of piperidine rings is 1. The van der Waals surface area contributed by atoms with E-state index in [9.17, 15) is 4.79 Å². The van der Waals surface area contributed by atoms with E-state index in [2.05, 4.69) is 11.9 Å². The van der Waals surface area contributed by atoms with Gasteiger partial charge in [-0.1, -0.05) is 13.0 Å². The maximum atomic E-state index is 12.1. The van der Waals surface area contributed by atoms with E-state index in [4.69, 9.17) is 10.5 Å². The summed E-state index contributed by atoms with van der Waals surface area (Å²) in [5.74, 6) is 1.54. The molecule has 5 heteroatoms. The van der Waals surface area contributed by atoms with Crippen LogP contribution in [0.5, 0.6) is 0 Å². The van der Waals surface area contributed by atoms with E-state index in [1.165, 1.54) is 5.56 Å². The number of nitrogen functional groups attached to an aromatic ring is 1. The largest absolute Gasteiger partial charge is 0.444 e. The molecule has 1 saturated heterocycles. The van der Waals surface area contributed by atoms with Crippen molar-refractivity contribution in [2.45, 2.75) is 52.1 Å². The zero-order chi connectivity index (χ0) is 16.3. The van der Waals surface area contributed by atoms with E-state index in [0.717, 1.165) is 25.9 Å². The normalized spacial score (nSPS) is 18.1. The van der Waals surface area contributed by atoms with E-state index in [-0.39, 0.29) is 6.09 Å². The third-order valence-electron chi connectivity index (χ3n) is 4.23. The number of carbonyl (C=O) groups excluding carboxylic acids is 1. The molecular formula is C17H27N3O2. The molecule has 0 aliphatic carbocycles. The smallest absolute Gasteiger partial charge is 0.410 e. The number of aromatic nitrogens is 1. The van der Waals surface area contributed by atoms with Crippen LogP contribution in [0.4, 0.5) is 10.6 Å². The molecule has 1 aromatic rings. The van der Waals surface area contributed by atoms with Gasteiger partial charge < -0.3 is 15.4 Å². The summed E-state index contributed by atoms with van der Waals surface area (Å²) in [6, 6.07) is 3.90. The molecule has 22 heavy (non-hydrogen) atoms. The topological polar surface area (TPSA) is 68.5 Å². The Hall–Kier alpha value is -1.78. The van der Waals surface area contributed by atoms with Crippen LogP contribution >= 0.6 is 0 Å².